The molecule has 0 atom stereocenters. The molecule has 2 rings (SSSR count). The molecule has 0 aliphatic carbocycles. The van der Waals surface area contributed by atoms with E-state index in [1.54, 1.807) is 42.5 Å². The molecule has 0 unspecified atom stereocenters. The van der Waals surface area contributed by atoms with E-state index in [1.807, 2.05) is 6.92 Å². The number of sulfonamides is 1. The molecule has 0 saturated heterocycles. The zero-order valence-electron chi connectivity index (χ0n) is 10.9. The number of hydrogen-bond donors (Lipinski definition) is 0. The van der Waals surface area contributed by atoms with Crippen LogP contribution < -0.4 is 0 Å². The van der Waals surface area contributed by atoms with E-state index >= 15 is 0 Å². The Bertz CT molecular complexity index is 637. The van der Waals surface area contributed by atoms with Gasteiger partial charge in [0, 0.05) is 44.3 Å². The van der Waals surface area contributed by atoms with E-state index in [9.17, 15) is 8.42 Å². The van der Waals surface area contributed by atoms with E-state index in [2.05, 4.69) is 10.1 Å². The molecule has 6 nitrogen and oxygen atoms in total. The average molecular weight is 280 g/mol. The van der Waals surface area contributed by atoms with Gasteiger partial charge in [-0.15, -0.1) is 0 Å². The van der Waals surface area contributed by atoms with Crippen molar-refractivity contribution in [2.24, 2.45) is 7.05 Å². The Labute approximate surface area is 112 Å². The van der Waals surface area contributed by atoms with Crippen LogP contribution in [0.5, 0.6) is 0 Å². The summed E-state index contributed by atoms with van der Waals surface area (Å²) in [6.07, 6.45) is 6.39. The maximum atomic E-state index is 12.4. The number of aryl methyl sites for hydroxylation is 1. The van der Waals surface area contributed by atoms with Crippen molar-refractivity contribution in [3.63, 3.8) is 0 Å². The first-order chi connectivity index (χ1) is 9.04. The Hall–Kier alpha value is -1.73. The second kappa shape index (κ2) is 5.50. The standard InChI is InChI=1S/C12H16N4O2S/c1-3-16(10-11-7-14-15(2)9-11)19(17,18)12-5-4-6-13-8-12/h4-9H,3,10H2,1-2H3. The predicted molar refractivity (Wildman–Crippen MR) is 70.7 cm³/mol. The summed E-state index contributed by atoms with van der Waals surface area (Å²) in [5, 5.41) is 4.04. The van der Waals surface area contributed by atoms with Crippen LogP contribution in [-0.4, -0.2) is 34.0 Å². The van der Waals surface area contributed by atoms with Crippen molar-refractivity contribution in [2.75, 3.05) is 6.54 Å². The van der Waals surface area contributed by atoms with Crippen molar-refractivity contribution >= 4 is 10.0 Å². The van der Waals surface area contributed by atoms with Gasteiger partial charge in [-0.25, -0.2) is 8.42 Å². The highest BCUT2D eigenvalue weighted by atomic mass is 32.2. The lowest BCUT2D eigenvalue weighted by atomic mass is 10.3. The van der Waals surface area contributed by atoms with Crippen LogP contribution in [0.1, 0.15) is 12.5 Å². The van der Waals surface area contributed by atoms with Crippen molar-refractivity contribution in [1.82, 2.24) is 19.1 Å². The summed E-state index contributed by atoms with van der Waals surface area (Å²) in [5.74, 6) is 0. The highest BCUT2D eigenvalue weighted by molar-refractivity contribution is 7.89. The monoisotopic (exact) mass is 280 g/mol. The van der Waals surface area contributed by atoms with E-state index in [1.165, 1.54) is 10.5 Å². The minimum atomic E-state index is -3.51. The molecule has 0 saturated carbocycles. The maximum absolute atomic E-state index is 12.4. The van der Waals surface area contributed by atoms with Gasteiger partial charge in [-0.3, -0.25) is 9.67 Å². The van der Waals surface area contributed by atoms with Gasteiger partial charge in [0.25, 0.3) is 0 Å². The lowest BCUT2D eigenvalue weighted by Crippen LogP contribution is -2.30. The Morgan fingerprint density at radius 1 is 1.37 bits per heavy atom. The molecule has 2 heterocycles. The van der Waals surface area contributed by atoms with E-state index in [4.69, 9.17) is 0 Å². The third-order valence-electron chi connectivity index (χ3n) is 2.74. The lowest BCUT2D eigenvalue weighted by Gasteiger charge is -2.19. The van der Waals surface area contributed by atoms with Gasteiger partial charge in [0.2, 0.25) is 10.0 Å². The summed E-state index contributed by atoms with van der Waals surface area (Å²) in [6, 6.07) is 3.17. The fraction of sp³-hybridized carbons (Fsp3) is 0.333. The Balaban J connectivity index is 2.26. The number of aromatic nitrogens is 3. The van der Waals surface area contributed by atoms with Crippen LogP contribution >= 0.6 is 0 Å². The SMILES string of the molecule is CCN(Cc1cnn(C)c1)S(=O)(=O)c1cccnc1. The van der Waals surface area contributed by atoms with E-state index in [0.29, 0.717) is 13.1 Å². The molecule has 0 aromatic carbocycles. The van der Waals surface area contributed by atoms with Gasteiger partial charge in [-0.2, -0.15) is 9.40 Å². The van der Waals surface area contributed by atoms with Crippen molar-refractivity contribution in [1.29, 1.82) is 0 Å². The summed E-state index contributed by atoms with van der Waals surface area (Å²) in [7, 11) is -1.71. The Morgan fingerprint density at radius 3 is 2.68 bits per heavy atom. The van der Waals surface area contributed by atoms with E-state index in [0.717, 1.165) is 5.56 Å². The zero-order valence-corrected chi connectivity index (χ0v) is 11.7. The van der Waals surface area contributed by atoms with Crippen LogP contribution in [-0.2, 0) is 23.6 Å². The highest BCUT2D eigenvalue weighted by Gasteiger charge is 2.23. The van der Waals surface area contributed by atoms with Crippen molar-refractivity contribution in [3.8, 4) is 0 Å². The van der Waals surface area contributed by atoms with Crippen LogP contribution in [0.3, 0.4) is 0 Å². The van der Waals surface area contributed by atoms with Gasteiger partial charge in [-0.05, 0) is 12.1 Å². The summed E-state index contributed by atoms with van der Waals surface area (Å²) in [6.45, 7) is 2.51. The van der Waals surface area contributed by atoms with Gasteiger partial charge in [0.1, 0.15) is 4.90 Å². The number of hydrogen-bond acceptors (Lipinski definition) is 4. The molecule has 2 aromatic heterocycles. The second-order valence-corrected chi connectivity index (χ2v) is 6.08. The molecule has 7 heteroatoms. The first-order valence-electron chi connectivity index (χ1n) is 5.91. The fourth-order valence-corrected chi connectivity index (χ4v) is 3.17. The topological polar surface area (TPSA) is 68.1 Å². The molecule has 2 aromatic rings. The summed E-state index contributed by atoms with van der Waals surface area (Å²) in [4.78, 5) is 4.07. The van der Waals surface area contributed by atoms with Gasteiger partial charge < -0.3 is 0 Å². The third kappa shape index (κ3) is 2.99. The van der Waals surface area contributed by atoms with Crippen molar-refractivity contribution in [3.05, 3.63) is 42.5 Å². The zero-order chi connectivity index (χ0) is 13.9. The average Bonchev–Trinajstić information content (AvgIpc) is 2.82. The summed E-state index contributed by atoms with van der Waals surface area (Å²) < 4.78 is 27.9. The van der Waals surface area contributed by atoms with Crippen LogP contribution in [0.15, 0.2) is 41.8 Å². The number of nitrogens with zero attached hydrogens (tertiary/aromatic N) is 4. The van der Waals surface area contributed by atoms with E-state index < -0.39 is 10.0 Å². The molecular weight excluding hydrogens is 264 g/mol. The second-order valence-electron chi connectivity index (χ2n) is 4.14. The maximum Gasteiger partial charge on any atom is 0.244 e. The molecule has 0 N–H and O–H groups in total. The quantitative estimate of drug-likeness (QED) is 0.820. The molecule has 102 valence electrons. The molecule has 0 amide bonds. The minimum absolute atomic E-state index is 0.209. The third-order valence-corrected chi connectivity index (χ3v) is 4.65. The molecule has 0 fully saturated rings. The van der Waals surface area contributed by atoms with E-state index in [-0.39, 0.29) is 4.90 Å². The first-order valence-corrected chi connectivity index (χ1v) is 7.35. The van der Waals surface area contributed by atoms with Crippen LogP contribution in [0.4, 0.5) is 0 Å². The molecule has 0 radical (unpaired) electrons. The van der Waals surface area contributed by atoms with Crippen molar-refractivity contribution < 1.29 is 8.42 Å². The van der Waals surface area contributed by atoms with Gasteiger partial charge >= 0.3 is 0 Å². The number of rotatable bonds is 5. The molecule has 0 aliphatic heterocycles. The summed E-state index contributed by atoms with van der Waals surface area (Å²) in [5.41, 5.74) is 0.858. The molecule has 0 spiro atoms. The van der Waals surface area contributed by atoms with Crippen LogP contribution in [0.2, 0.25) is 0 Å². The highest BCUT2D eigenvalue weighted by Crippen LogP contribution is 2.16. The predicted octanol–water partition coefficient (Wildman–Crippen LogP) is 1.03. The molecule has 0 aliphatic rings. The normalized spacial score (nSPS) is 11.9. The van der Waals surface area contributed by atoms with Crippen LogP contribution in [0, 0.1) is 0 Å². The molecule has 19 heavy (non-hydrogen) atoms. The number of pyridine rings is 1. The van der Waals surface area contributed by atoms with Gasteiger partial charge in [-0.1, -0.05) is 6.92 Å². The summed E-state index contributed by atoms with van der Waals surface area (Å²) >= 11 is 0. The Kier molecular flexibility index (Phi) is 3.96. The fourth-order valence-electron chi connectivity index (χ4n) is 1.77. The van der Waals surface area contributed by atoms with Crippen LogP contribution in [0.25, 0.3) is 0 Å². The minimum Gasteiger partial charge on any atom is -0.275 e. The van der Waals surface area contributed by atoms with Gasteiger partial charge in [0.15, 0.2) is 0 Å². The smallest absolute Gasteiger partial charge is 0.244 e. The lowest BCUT2D eigenvalue weighted by molar-refractivity contribution is 0.423. The largest absolute Gasteiger partial charge is 0.275 e. The van der Waals surface area contributed by atoms with Crippen molar-refractivity contribution in [2.45, 2.75) is 18.4 Å². The Morgan fingerprint density at radius 2 is 2.16 bits per heavy atom. The first kappa shape index (κ1) is 13.7. The molecule has 0 bridgehead atoms. The molecular formula is C12H16N4O2S. The van der Waals surface area contributed by atoms with Gasteiger partial charge in [0.05, 0.1) is 6.20 Å².